The molecule has 2 heterocycles. The monoisotopic (exact) mass is 352 g/mol. The van der Waals surface area contributed by atoms with E-state index in [-0.39, 0.29) is 5.71 Å². The Morgan fingerprint density at radius 1 is 1.24 bits per heavy atom. The number of benzene rings is 1. The molecule has 0 spiro atoms. The van der Waals surface area contributed by atoms with Crippen molar-refractivity contribution in [2.75, 3.05) is 7.11 Å². The summed E-state index contributed by atoms with van der Waals surface area (Å²) < 4.78 is 43.4. The van der Waals surface area contributed by atoms with Crippen LogP contribution in [-0.2, 0) is 11.3 Å². The smallest absolute Gasteiger partial charge is 0.458 e. The van der Waals surface area contributed by atoms with E-state index in [1.165, 1.54) is 7.11 Å². The maximum atomic E-state index is 12.7. The molecule has 1 aromatic carbocycles. The summed E-state index contributed by atoms with van der Waals surface area (Å²) in [4.78, 5) is 8.34. The maximum Gasteiger partial charge on any atom is 0.458 e. The van der Waals surface area contributed by atoms with Crippen LogP contribution in [0.1, 0.15) is 23.1 Å². The largest absolute Gasteiger partial charge is 0.481 e. The molecule has 0 aliphatic carbocycles. The first-order valence-corrected chi connectivity index (χ1v) is 7.44. The number of pyridine rings is 1. The standard InChI is InChI=1S/C17H15F3N2O3/c1-24-15-13(3-2-8-21-15)9-11-4-6-12(7-5-11)14-10-16(23,25-22-14)17(18,19)20/h2-8,23H,9-10H2,1H3. The van der Waals surface area contributed by atoms with Crippen molar-refractivity contribution < 1.29 is 27.9 Å². The zero-order valence-electron chi connectivity index (χ0n) is 13.2. The van der Waals surface area contributed by atoms with Crippen molar-refractivity contribution in [1.29, 1.82) is 0 Å². The van der Waals surface area contributed by atoms with Gasteiger partial charge in [-0.2, -0.15) is 13.2 Å². The minimum atomic E-state index is -4.91. The number of hydrogen-bond acceptors (Lipinski definition) is 5. The molecule has 5 nitrogen and oxygen atoms in total. The Labute approximate surface area is 141 Å². The number of ether oxygens (including phenoxy) is 1. The number of nitrogens with zero attached hydrogens (tertiary/aromatic N) is 2. The van der Waals surface area contributed by atoms with Crippen LogP contribution in [0, 0.1) is 0 Å². The first-order chi connectivity index (χ1) is 11.8. The highest BCUT2D eigenvalue weighted by Crippen LogP contribution is 2.38. The molecule has 0 radical (unpaired) electrons. The Morgan fingerprint density at radius 3 is 2.56 bits per heavy atom. The van der Waals surface area contributed by atoms with Gasteiger partial charge in [-0.05, 0) is 17.2 Å². The third kappa shape index (κ3) is 3.43. The molecular weight excluding hydrogens is 337 g/mol. The van der Waals surface area contributed by atoms with Crippen molar-refractivity contribution in [2.24, 2.45) is 5.16 Å². The highest BCUT2D eigenvalue weighted by Gasteiger charge is 2.60. The van der Waals surface area contributed by atoms with Crippen molar-refractivity contribution in [1.82, 2.24) is 4.98 Å². The molecule has 1 aliphatic rings. The van der Waals surface area contributed by atoms with Crippen LogP contribution in [0.25, 0.3) is 0 Å². The van der Waals surface area contributed by atoms with Crippen LogP contribution in [0.4, 0.5) is 13.2 Å². The second-order valence-electron chi connectivity index (χ2n) is 5.63. The molecule has 0 amide bonds. The van der Waals surface area contributed by atoms with E-state index >= 15 is 0 Å². The highest BCUT2D eigenvalue weighted by atomic mass is 19.4. The van der Waals surface area contributed by atoms with Gasteiger partial charge >= 0.3 is 12.0 Å². The average molecular weight is 352 g/mol. The van der Waals surface area contributed by atoms with Crippen molar-refractivity contribution in [2.45, 2.75) is 24.8 Å². The first kappa shape index (κ1) is 17.2. The lowest BCUT2D eigenvalue weighted by atomic mass is 9.99. The summed E-state index contributed by atoms with van der Waals surface area (Å²) in [6, 6.07) is 10.5. The molecule has 0 fully saturated rings. The summed E-state index contributed by atoms with van der Waals surface area (Å²) >= 11 is 0. The molecular formula is C17H15F3N2O3. The molecule has 0 saturated carbocycles. The summed E-state index contributed by atoms with van der Waals surface area (Å²) in [5, 5.41) is 12.9. The van der Waals surface area contributed by atoms with Crippen LogP contribution in [0.2, 0.25) is 0 Å². The van der Waals surface area contributed by atoms with Crippen LogP contribution < -0.4 is 4.74 Å². The zero-order valence-corrected chi connectivity index (χ0v) is 13.2. The number of hydrogen-bond donors (Lipinski definition) is 1. The number of rotatable bonds is 4. The summed E-state index contributed by atoms with van der Waals surface area (Å²) in [6.07, 6.45) is -3.46. The van der Waals surface area contributed by atoms with Crippen LogP contribution in [-0.4, -0.2) is 34.9 Å². The van der Waals surface area contributed by atoms with E-state index in [9.17, 15) is 18.3 Å². The van der Waals surface area contributed by atoms with E-state index in [1.54, 1.807) is 36.5 Å². The van der Waals surface area contributed by atoms with E-state index in [1.807, 2.05) is 6.07 Å². The summed E-state index contributed by atoms with van der Waals surface area (Å²) in [6.45, 7) is 0. The predicted molar refractivity (Wildman–Crippen MR) is 83.3 cm³/mol. The van der Waals surface area contributed by atoms with Gasteiger partial charge < -0.3 is 14.7 Å². The maximum absolute atomic E-state index is 12.7. The van der Waals surface area contributed by atoms with E-state index in [4.69, 9.17) is 4.74 Å². The van der Waals surface area contributed by atoms with Crippen molar-refractivity contribution in [3.05, 3.63) is 59.3 Å². The van der Waals surface area contributed by atoms with Crippen molar-refractivity contribution >= 4 is 5.71 Å². The lowest BCUT2D eigenvalue weighted by Gasteiger charge is -2.22. The summed E-state index contributed by atoms with van der Waals surface area (Å²) in [5.74, 6) is -2.74. The molecule has 1 aliphatic heterocycles. The van der Waals surface area contributed by atoms with E-state index < -0.39 is 18.4 Å². The van der Waals surface area contributed by atoms with Gasteiger partial charge in [0.2, 0.25) is 5.88 Å². The Bertz CT molecular complexity index is 790. The fourth-order valence-corrected chi connectivity index (χ4v) is 2.51. The second kappa shape index (κ2) is 6.36. The van der Waals surface area contributed by atoms with Gasteiger partial charge in [-0.3, -0.25) is 0 Å². The van der Waals surface area contributed by atoms with Crippen molar-refractivity contribution in [3.63, 3.8) is 0 Å². The van der Waals surface area contributed by atoms with Gasteiger partial charge in [-0.25, -0.2) is 4.98 Å². The molecule has 8 heteroatoms. The highest BCUT2D eigenvalue weighted by molar-refractivity contribution is 6.01. The summed E-state index contributed by atoms with van der Waals surface area (Å²) in [7, 11) is 1.54. The van der Waals surface area contributed by atoms with E-state index in [2.05, 4.69) is 15.0 Å². The van der Waals surface area contributed by atoms with Gasteiger partial charge in [0.1, 0.15) is 0 Å². The van der Waals surface area contributed by atoms with Gasteiger partial charge in [0.05, 0.1) is 19.2 Å². The minimum Gasteiger partial charge on any atom is -0.481 e. The molecule has 0 saturated heterocycles. The zero-order chi connectivity index (χ0) is 18.1. The van der Waals surface area contributed by atoms with Gasteiger partial charge in [0, 0.05) is 18.2 Å². The van der Waals surface area contributed by atoms with Gasteiger partial charge in [0.25, 0.3) is 0 Å². The van der Waals surface area contributed by atoms with Crippen LogP contribution in [0.3, 0.4) is 0 Å². The summed E-state index contributed by atoms with van der Waals surface area (Å²) in [5.41, 5.74) is 2.33. The minimum absolute atomic E-state index is 0.0466. The molecule has 3 rings (SSSR count). The van der Waals surface area contributed by atoms with E-state index in [0.717, 1.165) is 11.1 Å². The van der Waals surface area contributed by atoms with Crippen LogP contribution in [0.5, 0.6) is 5.88 Å². The molecule has 1 unspecified atom stereocenters. The fraction of sp³-hybridized carbons (Fsp3) is 0.294. The first-order valence-electron chi connectivity index (χ1n) is 7.44. The van der Waals surface area contributed by atoms with Gasteiger partial charge in [-0.15, -0.1) is 0 Å². The van der Waals surface area contributed by atoms with Crippen LogP contribution in [0.15, 0.2) is 47.8 Å². The molecule has 0 bridgehead atoms. The van der Waals surface area contributed by atoms with Crippen LogP contribution >= 0.6 is 0 Å². The number of halogens is 3. The lowest BCUT2D eigenvalue weighted by molar-refractivity contribution is -0.355. The fourth-order valence-electron chi connectivity index (χ4n) is 2.51. The topological polar surface area (TPSA) is 63.9 Å². The van der Waals surface area contributed by atoms with Gasteiger partial charge in [-0.1, -0.05) is 35.5 Å². The lowest BCUT2D eigenvalue weighted by Crippen LogP contribution is -2.45. The normalized spacial score (nSPS) is 20.1. The Balaban J connectivity index is 1.73. The third-order valence-corrected chi connectivity index (χ3v) is 3.88. The molecule has 132 valence electrons. The SMILES string of the molecule is COc1ncccc1Cc1ccc(C2=NOC(O)(C(F)(F)F)C2)cc1. The van der Waals surface area contributed by atoms with Gasteiger partial charge in [0.15, 0.2) is 0 Å². The quantitative estimate of drug-likeness (QED) is 0.919. The number of aromatic nitrogens is 1. The molecule has 1 atom stereocenters. The number of oxime groups is 1. The van der Waals surface area contributed by atoms with Crippen molar-refractivity contribution in [3.8, 4) is 5.88 Å². The predicted octanol–water partition coefficient (Wildman–Crippen LogP) is 3.06. The Kier molecular flexibility index (Phi) is 4.38. The number of aliphatic hydroxyl groups is 1. The Morgan fingerprint density at radius 2 is 1.96 bits per heavy atom. The number of alkyl halides is 3. The third-order valence-electron chi connectivity index (χ3n) is 3.88. The second-order valence-corrected chi connectivity index (χ2v) is 5.63. The molecule has 25 heavy (non-hydrogen) atoms. The average Bonchev–Trinajstić information content (AvgIpc) is 3.00. The number of methoxy groups -OCH3 is 1. The molecule has 2 aromatic rings. The Hall–Kier alpha value is -2.61. The molecule has 1 aromatic heterocycles. The molecule has 1 N–H and O–H groups in total. The van der Waals surface area contributed by atoms with E-state index in [0.29, 0.717) is 17.9 Å².